The van der Waals surface area contributed by atoms with Gasteiger partial charge in [0.1, 0.15) is 11.5 Å². The minimum atomic E-state index is -4.51. The first-order chi connectivity index (χ1) is 19.7. The standard InChI is InChI=1S/C30H28F3N3O5/c1-2-34-29(39)27-26(20-5-3-18(4-6-20)17-36-11-13-40-14-12-36)28(41-35-27)23-15-22(24(37)16-25(23)38)19-7-9-21(10-8-19)30(31,32)33/h3-10,15-16,37-38H,2,11-14,17H2,1H3,(H,34,39). The summed E-state index contributed by atoms with van der Waals surface area (Å²) in [6.45, 7) is 5.88. The number of phenols is 2. The second-order valence-electron chi connectivity index (χ2n) is 9.64. The van der Waals surface area contributed by atoms with Gasteiger partial charge in [-0.05, 0) is 41.8 Å². The van der Waals surface area contributed by atoms with Crippen LogP contribution in [0.3, 0.4) is 0 Å². The Labute approximate surface area is 234 Å². The number of morpholine rings is 1. The highest BCUT2D eigenvalue weighted by atomic mass is 19.4. The van der Waals surface area contributed by atoms with Crippen LogP contribution in [0.15, 0.2) is 65.2 Å². The number of amides is 1. The Morgan fingerprint density at radius 3 is 2.22 bits per heavy atom. The van der Waals surface area contributed by atoms with Gasteiger partial charge in [0.25, 0.3) is 5.91 Å². The normalized spacial score (nSPS) is 14.2. The molecule has 1 fully saturated rings. The summed E-state index contributed by atoms with van der Waals surface area (Å²) in [5, 5.41) is 28.1. The number of nitrogens with zero attached hydrogens (tertiary/aromatic N) is 2. The van der Waals surface area contributed by atoms with Crippen LogP contribution < -0.4 is 5.32 Å². The van der Waals surface area contributed by atoms with Crippen LogP contribution in [0, 0.1) is 0 Å². The van der Waals surface area contributed by atoms with Crippen molar-refractivity contribution < 1.29 is 37.4 Å². The number of phenolic OH excluding ortho intramolecular Hbond substituents is 2. The molecule has 0 spiro atoms. The Kier molecular flexibility index (Phi) is 8.00. The SMILES string of the molecule is CCNC(=O)c1noc(-c2cc(-c3ccc(C(F)(F)F)cc3)c(O)cc2O)c1-c1ccc(CN2CCOCC2)cc1. The second-order valence-corrected chi connectivity index (χ2v) is 9.64. The third-order valence-electron chi connectivity index (χ3n) is 6.88. The first-order valence-electron chi connectivity index (χ1n) is 13.1. The molecular formula is C30H28F3N3O5. The topological polar surface area (TPSA) is 108 Å². The van der Waals surface area contributed by atoms with Crippen molar-refractivity contribution in [1.29, 1.82) is 0 Å². The molecule has 0 bridgehead atoms. The van der Waals surface area contributed by atoms with Crippen molar-refractivity contribution in [2.45, 2.75) is 19.6 Å². The summed E-state index contributed by atoms with van der Waals surface area (Å²) in [6.07, 6.45) is -4.51. The summed E-state index contributed by atoms with van der Waals surface area (Å²) in [5.41, 5.74) is 1.72. The van der Waals surface area contributed by atoms with Crippen LogP contribution in [0.2, 0.25) is 0 Å². The first-order valence-corrected chi connectivity index (χ1v) is 13.1. The van der Waals surface area contributed by atoms with E-state index in [0.717, 1.165) is 43.4 Å². The van der Waals surface area contributed by atoms with E-state index in [1.807, 2.05) is 24.3 Å². The Morgan fingerprint density at radius 2 is 1.59 bits per heavy atom. The number of aromatic hydroxyl groups is 2. The number of nitrogens with one attached hydrogen (secondary N) is 1. The van der Waals surface area contributed by atoms with Crippen LogP contribution in [0.5, 0.6) is 11.5 Å². The number of benzene rings is 3. The van der Waals surface area contributed by atoms with Crippen LogP contribution >= 0.6 is 0 Å². The number of aromatic nitrogens is 1. The van der Waals surface area contributed by atoms with Gasteiger partial charge in [0.2, 0.25) is 0 Å². The molecule has 1 aromatic heterocycles. The van der Waals surface area contributed by atoms with E-state index >= 15 is 0 Å². The predicted molar refractivity (Wildman–Crippen MR) is 145 cm³/mol. The van der Waals surface area contributed by atoms with Crippen LogP contribution in [-0.2, 0) is 17.5 Å². The molecule has 2 heterocycles. The van der Waals surface area contributed by atoms with Gasteiger partial charge in [0.05, 0.1) is 29.9 Å². The van der Waals surface area contributed by atoms with Crippen molar-refractivity contribution in [2.24, 2.45) is 0 Å². The third kappa shape index (κ3) is 6.06. The van der Waals surface area contributed by atoms with Crippen molar-refractivity contribution in [3.8, 4) is 45.1 Å². The number of rotatable bonds is 7. The molecule has 214 valence electrons. The van der Waals surface area contributed by atoms with Gasteiger partial charge in [-0.15, -0.1) is 0 Å². The van der Waals surface area contributed by atoms with Crippen LogP contribution in [0.1, 0.15) is 28.5 Å². The fourth-order valence-electron chi connectivity index (χ4n) is 4.76. The molecule has 41 heavy (non-hydrogen) atoms. The number of hydrogen-bond acceptors (Lipinski definition) is 7. The molecule has 4 aromatic rings. The zero-order chi connectivity index (χ0) is 29.1. The molecule has 1 amide bonds. The van der Waals surface area contributed by atoms with E-state index in [1.54, 1.807) is 6.92 Å². The maximum atomic E-state index is 13.1. The van der Waals surface area contributed by atoms with Gasteiger partial charge in [0, 0.05) is 37.8 Å². The molecule has 5 rings (SSSR count). The molecule has 8 nitrogen and oxygen atoms in total. The molecule has 0 atom stereocenters. The van der Waals surface area contributed by atoms with E-state index in [9.17, 15) is 28.2 Å². The summed E-state index contributed by atoms with van der Waals surface area (Å²) < 4.78 is 50.2. The Bertz CT molecular complexity index is 1530. The number of halogens is 3. The number of carbonyl (C=O) groups is 1. The summed E-state index contributed by atoms with van der Waals surface area (Å²) in [7, 11) is 0. The molecule has 0 unspecified atom stereocenters. The molecule has 1 saturated heterocycles. The van der Waals surface area contributed by atoms with Gasteiger partial charge in [0.15, 0.2) is 11.5 Å². The van der Waals surface area contributed by atoms with Crippen molar-refractivity contribution >= 4 is 5.91 Å². The minimum Gasteiger partial charge on any atom is -0.507 e. The van der Waals surface area contributed by atoms with E-state index in [4.69, 9.17) is 9.26 Å². The van der Waals surface area contributed by atoms with Gasteiger partial charge < -0.3 is 24.8 Å². The molecule has 1 aliphatic heterocycles. The zero-order valence-corrected chi connectivity index (χ0v) is 22.2. The highest BCUT2D eigenvalue weighted by molar-refractivity contribution is 6.03. The monoisotopic (exact) mass is 567 g/mol. The van der Waals surface area contributed by atoms with E-state index in [-0.39, 0.29) is 39.6 Å². The summed E-state index contributed by atoms with van der Waals surface area (Å²) in [4.78, 5) is 15.2. The predicted octanol–water partition coefficient (Wildman–Crippen LogP) is 5.69. The van der Waals surface area contributed by atoms with E-state index < -0.39 is 17.6 Å². The summed E-state index contributed by atoms with van der Waals surface area (Å²) >= 11 is 0. The van der Waals surface area contributed by atoms with E-state index in [2.05, 4.69) is 15.4 Å². The average Bonchev–Trinajstić information content (AvgIpc) is 3.39. The fraction of sp³-hybridized carbons (Fsp3) is 0.267. The fourth-order valence-corrected chi connectivity index (χ4v) is 4.76. The van der Waals surface area contributed by atoms with Crippen LogP contribution in [-0.4, -0.2) is 59.0 Å². The van der Waals surface area contributed by atoms with Crippen molar-refractivity contribution in [2.75, 3.05) is 32.8 Å². The number of hydrogen-bond donors (Lipinski definition) is 3. The molecular weight excluding hydrogens is 539 g/mol. The zero-order valence-electron chi connectivity index (χ0n) is 22.2. The van der Waals surface area contributed by atoms with Gasteiger partial charge in [-0.25, -0.2) is 0 Å². The lowest BCUT2D eigenvalue weighted by molar-refractivity contribution is -0.137. The molecule has 3 aromatic carbocycles. The maximum absolute atomic E-state index is 13.1. The molecule has 11 heteroatoms. The highest BCUT2D eigenvalue weighted by Gasteiger charge is 2.30. The first kappa shape index (κ1) is 28.2. The smallest absolute Gasteiger partial charge is 0.416 e. The summed E-state index contributed by atoms with van der Waals surface area (Å²) in [5.74, 6) is -1.11. The lowest BCUT2D eigenvalue weighted by atomic mass is 9.94. The lowest BCUT2D eigenvalue weighted by Crippen LogP contribution is -2.35. The lowest BCUT2D eigenvalue weighted by Gasteiger charge is -2.26. The molecule has 0 radical (unpaired) electrons. The van der Waals surface area contributed by atoms with Gasteiger partial charge >= 0.3 is 6.18 Å². The quantitative estimate of drug-likeness (QED) is 0.263. The molecule has 1 aliphatic rings. The third-order valence-corrected chi connectivity index (χ3v) is 6.88. The van der Waals surface area contributed by atoms with Crippen molar-refractivity contribution in [3.63, 3.8) is 0 Å². The Balaban J connectivity index is 1.56. The average molecular weight is 568 g/mol. The highest BCUT2D eigenvalue weighted by Crippen LogP contribution is 2.44. The molecule has 0 saturated carbocycles. The Morgan fingerprint density at radius 1 is 0.951 bits per heavy atom. The van der Waals surface area contributed by atoms with Gasteiger partial charge in [-0.1, -0.05) is 41.6 Å². The minimum absolute atomic E-state index is 0.00587. The number of alkyl halides is 3. The molecule has 0 aliphatic carbocycles. The van der Waals surface area contributed by atoms with E-state index in [1.165, 1.54) is 18.2 Å². The second kappa shape index (κ2) is 11.6. The van der Waals surface area contributed by atoms with Crippen molar-refractivity contribution in [3.05, 3.63) is 77.5 Å². The van der Waals surface area contributed by atoms with Gasteiger partial charge in [-0.3, -0.25) is 9.69 Å². The summed E-state index contributed by atoms with van der Waals surface area (Å²) in [6, 6.07) is 14.3. The number of ether oxygens (including phenoxy) is 1. The maximum Gasteiger partial charge on any atom is 0.416 e. The number of carbonyl (C=O) groups excluding carboxylic acids is 1. The van der Waals surface area contributed by atoms with Crippen LogP contribution in [0.4, 0.5) is 13.2 Å². The van der Waals surface area contributed by atoms with Crippen molar-refractivity contribution in [1.82, 2.24) is 15.4 Å². The molecule has 3 N–H and O–H groups in total. The van der Waals surface area contributed by atoms with E-state index in [0.29, 0.717) is 30.9 Å². The largest absolute Gasteiger partial charge is 0.507 e. The van der Waals surface area contributed by atoms with Crippen LogP contribution in [0.25, 0.3) is 33.6 Å². The van der Waals surface area contributed by atoms with Gasteiger partial charge in [-0.2, -0.15) is 13.2 Å². The Hall–Kier alpha value is -4.35.